The molecule has 2 N–H and O–H groups in total. The van der Waals surface area contributed by atoms with Crippen LogP contribution in [0.15, 0.2) is 12.3 Å². The molecule has 0 aliphatic carbocycles. The number of nitrogens with two attached hydrogens (primary N) is 1. The van der Waals surface area contributed by atoms with E-state index < -0.39 is 0 Å². The van der Waals surface area contributed by atoms with E-state index in [0.717, 1.165) is 11.3 Å². The molecule has 0 aromatic carbocycles. The van der Waals surface area contributed by atoms with Crippen LogP contribution in [0.4, 0.5) is 0 Å². The third-order valence-corrected chi connectivity index (χ3v) is 1.71. The quantitative estimate of drug-likeness (QED) is 0.828. The molecule has 1 aromatic heterocycles. The van der Waals surface area contributed by atoms with Crippen LogP contribution in [0.25, 0.3) is 6.08 Å². The van der Waals surface area contributed by atoms with Crippen molar-refractivity contribution in [3.05, 3.63) is 23.5 Å². The molecule has 0 unspecified atom stereocenters. The first-order valence-electron chi connectivity index (χ1n) is 3.61. The maximum Gasteiger partial charge on any atom is 0.0564 e. The summed E-state index contributed by atoms with van der Waals surface area (Å²) in [6.07, 6.45) is 5.74. The van der Waals surface area contributed by atoms with Gasteiger partial charge in [-0.25, -0.2) is 0 Å². The fraction of sp³-hybridized carbons (Fsp3) is 0.375. The largest absolute Gasteiger partial charge is 0.327 e. The Morgan fingerprint density at radius 3 is 2.54 bits per heavy atom. The third kappa shape index (κ3) is 3.81. The SMILES string of the molecule is Cc1c(/C=C/CN)cnn1C.Cl.Cl. The molecular weight excluding hydrogens is 209 g/mol. The normalized spacial score (nSPS) is 9.46. The van der Waals surface area contributed by atoms with Crippen molar-refractivity contribution in [1.82, 2.24) is 9.78 Å². The lowest BCUT2D eigenvalue weighted by Crippen LogP contribution is -1.93. The van der Waals surface area contributed by atoms with E-state index >= 15 is 0 Å². The van der Waals surface area contributed by atoms with E-state index in [0.29, 0.717) is 6.54 Å². The van der Waals surface area contributed by atoms with E-state index in [9.17, 15) is 0 Å². The number of hydrogen-bond acceptors (Lipinski definition) is 2. The number of aromatic nitrogens is 2. The summed E-state index contributed by atoms with van der Waals surface area (Å²) in [6, 6.07) is 0. The van der Waals surface area contributed by atoms with Crippen molar-refractivity contribution in [2.75, 3.05) is 6.54 Å². The summed E-state index contributed by atoms with van der Waals surface area (Å²) in [5.74, 6) is 0. The zero-order valence-electron chi connectivity index (χ0n) is 7.73. The highest BCUT2D eigenvalue weighted by atomic mass is 35.5. The highest BCUT2D eigenvalue weighted by Gasteiger charge is 1.97. The fourth-order valence-corrected chi connectivity index (χ4v) is 0.874. The molecule has 0 spiro atoms. The second kappa shape index (κ2) is 6.95. The molecule has 0 aliphatic rings. The van der Waals surface area contributed by atoms with Crippen molar-refractivity contribution in [3.63, 3.8) is 0 Å². The van der Waals surface area contributed by atoms with Crippen LogP contribution < -0.4 is 5.73 Å². The van der Waals surface area contributed by atoms with Crippen LogP contribution in [0.1, 0.15) is 11.3 Å². The molecule has 13 heavy (non-hydrogen) atoms. The molecule has 1 rings (SSSR count). The second-order valence-electron chi connectivity index (χ2n) is 2.45. The van der Waals surface area contributed by atoms with Crippen LogP contribution in [0.3, 0.4) is 0 Å². The molecule has 0 amide bonds. The predicted molar refractivity (Wildman–Crippen MR) is 60.5 cm³/mol. The highest BCUT2D eigenvalue weighted by molar-refractivity contribution is 5.85. The minimum Gasteiger partial charge on any atom is -0.327 e. The van der Waals surface area contributed by atoms with Crippen LogP contribution in [0.5, 0.6) is 0 Å². The first-order chi connectivity index (χ1) is 5.25. The number of rotatable bonds is 2. The predicted octanol–water partition coefficient (Wildman–Crippen LogP) is 1.54. The number of hydrogen-bond donors (Lipinski definition) is 1. The molecule has 0 atom stereocenters. The molecule has 1 heterocycles. The molecule has 0 saturated carbocycles. The lowest BCUT2D eigenvalue weighted by Gasteiger charge is -1.92. The van der Waals surface area contributed by atoms with Crippen LogP contribution in [0.2, 0.25) is 0 Å². The van der Waals surface area contributed by atoms with Gasteiger partial charge in [0, 0.05) is 24.8 Å². The molecule has 3 nitrogen and oxygen atoms in total. The summed E-state index contributed by atoms with van der Waals surface area (Å²) in [5.41, 5.74) is 7.62. The summed E-state index contributed by atoms with van der Waals surface area (Å²) in [7, 11) is 1.93. The van der Waals surface area contributed by atoms with E-state index in [2.05, 4.69) is 5.10 Å². The van der Waals surface area contributed by atoms with Gasteiger partial charge < -0.3 is 5.73 Å². The Kier molecular flexibility index (Phi) is 8.01. The maximum absolute atomic E-state index is 5.32. The molecule has 5 heteroatoms. The Morgan fingerprint density at radius 1 is 1.54 bits per heavy atom. The van der Waals surface area contributed by atoms with Gasteiger partial charge in [0.1, 0.15) is 0 Å². The third-order valence-electron chi connectivity index (χ3n) is 1.71. The molecule has 76 valence electrons. The van der Waals surface area contributed by atoms with Gasteiger partial charge in [0.2, 0.25) is 0 Å². The van der Waals surface area contributed by atoms with Gasteiger partial charge >= 0.3 is 0 Å². The van der Waals surface area contributed by atoms with Crippen molar-refractivity contribution in [2.24, 2.45) is 12.8 Å². The smallest absolute Gasteiger partial charge is 0.0564 e. The molecule has 0 radical (unpaired) electrons. The van der Waals surface area contributed by atoms with E-state index in [1.54, 1.807) is 0 Å². The van der Waals surface area contributed by atoms with Gasteiger partial charge in [-0.05, 0) is 6.92 Å². The number of aryl methyl sites for hydroxylation is 1. The Balaban J connectivity index is 0. The van der Waals surface area contributed by atoms with Gasteiger partial charge in [-0.2, -0.15) is 5.10 Å². The van der Waals surface area contributed by atoms with Crippen LogP contribution in [-0.2, 0) is 7.05 Å². The topological polar surface area (TPSA) is 43.8 Å². The molecular formula is C8H15Cl2N3. The van der Waals surface area contributed by atoms with E-state index in [4.69, 9.17) is 5.73 Å². The van der Waals surface area contributed by atoms with Crippen molar-refractivity contribution < 1.29 is 0 Å². The Hall–Kier alpha value is -0.510. The van der Waals surface area contributed by atoms with Crippen molar-refractivity contribution >= 4 is 30.9 Å². The first kappa shape index (κ1) is 15.0. The zero-order chi connectivity index (χ0) is 8.27. The van der Waals surface area contributed by atoms with Crippen LogP contribution in [0, 0.1) is 6.92 Å². The monoisotopic (exact) mass is 223 g/mol. The van der Waals surface area contributed by atoms with Crippen molar-refractivity contribution in [1.29, 1.82) is 0 Å². The Bertz CT molecular complexity index is 268. The van der Waals surface area contributed by atoms with Gasteiger partial charge in [0.15, 0.2) is 0 Å². The summed E-state index contributed by atoms with van der Waals surface area (Å²) >= 11 is 0. The first-order valence-corrected chi connectivity index (χ1v) is 3.61. The molecule has 1 aromatic rings. The Morgan fingerprint density at radius 2 is 2.15 bits per heavy atom. The lowest BCUT2D eigenvalue weighted by molar-refractivity contribution is 0.740. The van der Waals surface area contributed by atoms with Gasteiger partial charge in [-0.15, -0.1) is 24.8 Å². The molecule has 0 fully saturated rings. The summed E-state index contributed by atoms with van der Waals surface area (Å²) in [5, 5.41) is 4.09. The van der Waals surface area contributed by atoms with Crippen molar-refractivity contribution in [3.8, 4) is 0 Å². The average molecular weight is 224 g/mol. The van der Waals surface area contributed by atoms with Gasteiger partial charge in [-0.1, -0.05) is 12.2 Å². The standard InChI is InChI=1S/C8H13N3.2ClH/c1-7-8(4-3-5-9)6-10-11(7)2;;/h3-4,6H,5,9H2,1-2H3;2*1H/b4-3+;;. The van der Waals surface area contributed by atoms with Crippen LogP contribution >= 0.6 is 24.8 Å². The van der Waals surface area contributed by atoms with Gasteiger partial charge in [0.05, 0.1) is 6.20 Å². The second-order valence-corrected chi connectivity index (χ2v) is 2.45. The number of nitrogens with zero attached hydrogens (tertiary/aromatic N) is 2. The van der Waals surface area contributed by atoms with E-state index in [1.807, 2.05) is 37.0 Å². The fourth-order valence-electron chi connectivity index (χ4n) is 0.874. The highest BCUT2D eigenvalue weighted by Crippen LogP contribution is 2.06. The number of halogens is 2. The van der Waals surface area contributed by atoms with E-state index in [-0.39, 0.29) is 24.8 Å². The minimum atomic E-state index is 0. The van der Waals surface area contributed by atoms with Crippen LogP contribution in [-0.4, -0.2) is 16.3 Å². The van der Waals surface area contributed by atoms with Crippen molar-refractivity contribution in [2.45, 2.75) is 6.92 Å². The van der Waals surface area contributed by atoms with E-state index in [1.165, 1.54) is 0 Å². The Labute approximate surface area is 90.8 Å². The average Bonchev–Trinajstić information content (AvgIpc) is 2.31. The summed E-state index contributed by atoms with van der Waals surface area (Å²) in [6.45, 7) is 2.61. The minimum absolute atomic E-state index is 0. The summed E-state index contributed by atoms with van der Waals surface area (Å²) < 4.78 is 1.84. The molecule has 0 saturated heterocycles. The lowest BCUT2D eigenvalue weighted by atomic mass is 10.2. The maximum atomic E-state index is 5.32. The molecule has 0 aliphatic heterocycles. The molecule has 0 bridgehead atoms. The van der Waals surface area contributed by atoms with Gasteiger partial charge in [0.25, 0.3) is 0 Å². The zero-order valence-corrected chi connectivity index (χ0v) is 9.36. The summed E-state index contributed by atoms with van der Waals surface area (Å²) in [4.78, 5) is 0. The van der Waals surface area contributed by atoms with Gasteiger partial charge in [-0.3, -0.25) is 4.68 Å².